The van der Waals surface area contributed by atoms with E-state index in [9.17, 15) is 18.0 Å². The number of hydrogen-bond donors (Lipinski definition) is 1. The zero-order valence-electron chi connectivity index (χ0n) is 16.5. The lowest BCUT2D eigenvalue weighted by Crippen LogP contribution is -2.42. The zero-order valence-corrected chi connectivity index (χ0v) is 18.1. The molecule has 0 aliphatic carbocycles. The van der Waals surface area contributed by atoms with Gasteiger partial charge < -0.3 is 10.1 Å². The number of anilines is 1. The van der Waals surface area contributed by atoms with Crippen molar-refractivity contribution in [3.05, 3.63) is 64.7 Å². The summed E-state index contributed by atoms with van der Waals surface area (Å²) in [5, 5.41) is 3.19. The molecule has 1 amide bonds. The van der Waals surface area contributed by atoms with Crippen LogP contribution in [0.2, 0.25) is 5.02 Å². The Bertz CT molecular complexity index is 1030. The molecule has 0 unspecified atom stereocenters. The number of benzene rings is 2. The van der Waals surface area contributed by atoms with Gasteiger partial charge in [0, 0.05) is 24.0 Å². The first-order valence-corrected chi connectivity index (χ1v) is 11.5. The van der Waals surface area contributed by atoms with Crippen molar-refractivity contribution in [1.29, 1.82) is 0 Å². The van der Waals surface area contributed by atoms with Crippen molar-refractivity contribution < 1.29 is 22.7 Å². The number of piperidine rings is 1. The highest BCUT2D eigenvalue weighted by molar-refractivity contribution is 7.88. The molecule has 1 N–H and O–H groups in total. The maximum atomic E-state index is 12.7. The first kappa shape index (κ1) is 22.3. The molecule has 1 saturated heterocycles. The molecule has 2 aromatic rings. The van der Waals surface area contributed by atoms with Crippen molar-refractivity contribution in [2.75, 3.05) is 25.5 Å². The van der Waals surface area contributed by atoms with Crippen LogP contribution >= 0.6 is 11.6 Å². The largest absolute Gasteiger partial charge is 0.465 e. The van der Waals surface area contributed by atoms with Gasteiger partial charge in [0.05, 0.1) is 24.1 Å². The second-order valence-corrected chi connectivity index (χ2v) is 9.42. The quantitative estimate of drug-likeness (QED) is 0.681. The summed E-state index contributed by atoms with van der Waals surface area (Å²) in [4.78, 5) is 24.5. The molecule has 0 aromatic heterocycles. The molecule has 0 spiro atoms. The van der Waals surface area contributed by atoms with Crippen LogP contribution in [-0.4, -0.2) is 44.8 Å². The fourth-order valence-corrected chi connectivity index (χ4v) is 5.29. The van der Waals surface area contributed by atoms with Gasteiger partial charge >= 0.3 is 5.97 Å². The van der Waals surface area contributed by atoms with Crippen LogP contribution in [0.25, 0.3) is 0 Å². The second kappa shape index (κ2) is 9.59. The lowest BCUT2D eigenvalue weighted by atomic mass is 9.97. The minimum absolute atomic E-state index is 0.171. The molecular weight excluding hydrogens is 428 g/mol. The topological polar surface area (TPSA) is 92.8 Å². The molecule has 0 radical (unpaired) electrons. The highest BCUT2D eigenvalue weighted by Gasteiger charge is 2.32. The van der Waals surface area contributed by atoms with Crippen LogP contribution in [0.5, 0.6) is 0 Å². The Labute approximate surface area is 181 Å². The van der Waals surface area contributed by atoms with E-state index in [1.807, 2.05) is 0 Å². The lowest BCUT2D eigenvalue weighted by Gasteiger charge is -2.30. The number of amides is 1. The van der Waals surface area contributed by atoms with Gasteiger partial charge in [-0.1, -0.05) is 41.9 Å². The fraction of sp³-hybridized carbons (Fsp3) is 0.333. The highest BCUT2D eigenvalue weighted by Crippen LogP contribution is 2.26. The summed E-state index contributed by atoms with van der Waals surface area (Å²) in [7, 11) is -2.25. The van der Waals surface area contributed by atoms with E-state index in [1.165, 1.54) is 11.4 Å². The van der Waals surface area contributed by atoms with Crippen LogP contribution in [0.3, 0.4) is 0 Å². The van der Waals surface area contributed by atoms with Crippen molar-refractivity contribution in [3.63, 3.8) is 0 Å². The van der Waals surface area contributed by atoms with Crippen molar-refractivity contribution >= 4 is 39.2 Å². The molecule has 9 heteroatoms. The summed E-state index contributed by atoms with van der Waals surface area (Å²) in [5.41, 5.74) is 1.20. The predicted molar refractivity (Wildman–Crippen MR) is 115 cm³/mol. The monoisotopic (exact) mass is 450 g/mol. The molecule has 0 atom stereocenters. The van der Waals surface area contributed by atoms with Gasteiger partial charge in [-0.05, 0) is 36.6 Å². The van der Waals surface area contributed by atoms with Crippen LogP contribution < -0.4 is 5.32 Å². The summed E-state index contributed by atoms with van der Waals surface area (Å²) in [5.74, 6) is -1.29. The molecule has 7 nitrogen and oxygen atoms in total. The van der Waals surface area contributed by atoms with Crippen LogP contribution in [0.15, 0.2) is 48.5 Å². The van der Waals surface area contributed by atoms with Gasteiger partial charge in [-0.15, -0.1) is 0 Å². The first-order chi connectivity index (χ1) is 14.3. The normalized spacial score (nSPS) is 15.5. The number of hydrogen-bond acceptors (Lipinski definition) is 5. The van der Waals surface area contributed by atoms with Crippen molar-refractivity contribution in [3.8, 4) is 0 Å². The molecule has 1 aliphatic rings. The SMILES string of the molecule is COC(=O)c1ccccc1NC(=O)C1CCN(S(=O)(=O)Cc2ccccc2Cl)CC1. The summed E-state index contributed by atoms with van der Waals surface area (Å²) >= 11 is 6.09. The van der Waals surface area contributed by atoms with Crippen LogP contribution in [0.4, 0.5) is 5.69 Å². The van der Waals surface area contributed by atoms with Gasteiger partial charge in [-0.2, -0.15) is 0 Å². The Kier molecular flexibility index (Phi) is 7.12. The molecule has 0 bridgehead atoms. The van der Waals surface area contributed by atoms with E-state index < -0.39 is 16.0 Å². The molecule has 3 rings (SSSR count). The number of halogens is 1. The van der Waals surface area contributed by atoms with Crippen molar-refractivity contribution in [1.82, 2.24) is 4.31 Å². The number of carbonyl (C=O) groups excluding carboxylic acids is 2. The Morgan fingerprint density at radius 1 is 1.10 bits per heavy atom. The van der Waals surface area contributed by atoms with Gasteiger partial charge in [-0.25, -0.2) is 17.5 Å². The fourth-order valence-electron chi connectivity index (χ4n) is 3.41. The number of para-hydroxylation sites is 1. The highest BCUT2D eigenvalue weighted by atomic mass is 35.5. The number of rotatable bonds is 6. The number of carbonyl (C=O) groups is 2. The standard InChI is InChI=1S/C21H23ClN2O5S/c1-29-21(26)17-7-3-5-9-19(17)23-20(25)15-10-12-24(13-11-15)30(27,28)14-16-6-2-4-8-18(16)22/h2-9,15H,10-14H2,1H3,(H,23,25). The van der Waals surface area contributed by atoms with Gasteiger partial charge in [0.15, 0.2) is 0 Å². The summed E-state index contributed by atoms with van der Waals surface area (Å²) < 4.78 is 31.6. The van der Waals surface area contributed by atoms with E-state index in [2.05, 4.69) is 5.32 Å². The molecule has 1 fully saturated rings. The zero-order chi connectivity index (χ0) is 21.7. The summed E-state index contributed by atoms with van der Waals surface area (Å²) in [6, 6.07) is 13.5. The van der Waals surface area contributed by atoms with E-state index in [-0.39, 0.29) is 36.2 Å². The van der Waals surface area contributed by atoms with Gasteiger partial charge in [0.25, 0.3) is 0 Å². The van der Waals surface area contributed by atoms with E-state index in [0.717, 1.165) is 0 Å². The molecule has 1 heterocycles. The van der Waals surface area contributed by atoms with E-state index in [1.54, 1.807) is 48.5 Å². The number of nitrogens with one attached hydrogen (secondary N) is 1. The average molecular weight is 451 g/mol. The smallest absolute Gasteiger partial charge is 0.339 e. The Morgan fingerprint density at radius 3 is 2.40 bits per heavy atom. The third-order valence-corrected chi connectivity index (χ3v) is 7.30. The maximum absolute atomic E-state index is 12.7. The number of ether oxygens (including phenoxy) is 1. The van der Waals surface area contributed by atoms with E-state index >= 15 is 0 Å². The van der Waals surface area contributed by atoms with Crippen molar-refractivity contribution in [2.24, 2.45) is 5.92 Å². The van der Waals surface area contributed by atoms with E-state index in [0.29, 0.717) is 29.1 Å². The predicted octanol–water partition coefficient (Wildman–Crippen LogP) is 3.31. The summed E-state index contributed by atoms with van der Waals surface area (Å²) in [6.07, 6.45) is 0.794. The molecule has 1 aliphatic heterocycles. The van der Waals surface area contributed by atoms with Crippen molar-refractivity contribution in [2.45, 2.75) is 18.6 Å². The van der Waals surface area contributed by atoms with Gasteiger partial charge in [-0.3, -0.25) is 4.79 Å². The lowest BCUT2D eigenvalue weighted by molar-refractivity contribution is -0.120. The maximum Gasteiger partial charge on any atom is 0.339 e. The van der Waals surface area contributed by atoms with Gasteiger partial charge in [0.2, 0.25) is 15.9 Å². The number of nitrogens with zero attached hydrogens (tertiary/aromatic N) is 1. The minimum Gasteiger partial charge on any atom is -0.465 e. The molecule has 30 heavy (non-hydrogen) atoms. The van der Waals surface area contributed by atoms with E-state index in [4.69, 9.17) is 16.3 Å². The third-order valence-electron chi connectivity index (χ3n) is 5.10. The van der Waals surface area contributed by atoms with Gasteiger partial charge in [0.1, 0.15) is 0 Å². The average Bonchev–Trinajstić information content (AvgIpc) is 2.75. The first-order valence-electron chi connectivity index (χ1n) is 9.51. The Hall–Kier alpha value is -2.42. The molecule has 0 saturated carbocycles. The van der Waals surface area contributed by atoms with Crippen LogP contribution in [0, 0.1) is 5.92 Å². The number of methoxy groups -OCH3 is 1. The number of sulfonamides is 1. The molecular formula is C21H23ClN2O5S. The Morgan fingerprint density at radius 2 is 1.73 bits per heavy atom. The number of esters is 1. The molecule has 2 aromatic carbocycles. The Balaban J connectivity index is 1.61. The van der Waals surface area contributed by atoms with Crippen LogP contribution in [-0.2, 0) is 25.3 Å². The van der Waals surface area contributed by atoms with Crippen LogP contribution in [0.1, 0.15) is 28.8 Å². The molecule has 160 valence electrons. The third kappa shape index (κ3) is 5.19. The second-order valence-electron chi connectivity index (χ2n) is 7.05. The minimum atomic E-state index is -3.53. The summed E-state index contributed by atoms with van der Waals surface area (Å²) in [6.45, 7) is 0.507.